The zero-order valence-electron chi connectivity index (χ0n) is 19.8. The largest absolute Gasteiger partial charge is 0.490 e. The highest BCUT2D eigenvalue weighted by molar-refractivity contribution is 7.93. The van der Waals surface area contributed by atoms with E-state index in [2.05, 4.69) is 13.2 Å². The molecule has 0 radical (unpaired) electrons. The van der Waals surface area contributed by atoms with Gasteiger partial charge in [0.2, 0.25) is 0 Å². The molecule has 2 rings (SSSR count). The van der Waals surface area contributed by atoms with Gasteiger partial charge in [0, 0.05) is 31.6 Å². The number of ether oxygens (including phenoxy) is 4. The number of hydrogen-bond acceptors (Lipinski definition) is 8. The number of carbonyl (C=O) groups is 1. The van der Waals surface area contributed by atoms with Gasteiger partial charge in [0.1, 0.15) is 30.3 Å². The van der Waals surface area contributed by atoms with Crippen LogP contribution >= 0.6 is 0 Å². The van der Waals surface area contributed by atoms with Gasteiger partial charge in [-0.05, 0) is 57.2 Å². The number of rotatable bonds is 10. The second-order valence-electron chi connectivity index (χ2n) is 8.67. The lowest BCUT2D eigenvalue weighted by molar-refractivity contribution is -0.160. The number of allylic oxidation sites excluding steroid dienone is 3. The zero-order valence-corrected chi connectivity index (χ0v) is 20.7. The van der Waals surface area contributed by atoms with Crippen molar-refractivity contribution in [1.82, 2.24) is 0 Å². The molecule has 0 aromatic heterocycles. The van der Waals surface area contributed by atoms with Crippen LogP contribution in [-0.2, 0) is 28.8 Å². The predicted molar refractivity (Wildman–Crippen MR) is 127 cm³/mol. The summed E-state index contributed by atoms with van der Waals surface area (Å²) >= 11 is 0. The Morgan fingerprint density at radius 3 is 2.35 bits per heavy atom. The molecule has 1 aromatic carbocycles. The second-order valence-corrected chi connectivity index (χ2v) is 10.9. The fraction of sp³-hybridized carbons (Fsp3) is 0.440. The van der Waals surface area contributed by atoms with Gasteiger partial charge in [0.05, 0.1) is 11.0 Å². The SMILES string of the molecule is C=C/C(=C\C(=C)C#N)OCCOc1ccc(S(=O)(=O)C2(C(=O)OC(C)(C)C)CCOCC2)cc1. The van der Waals surface area contributed by atoms with E-state index in [1.54, 1.807) is 20.8 Å². The predicted octanol–water partition coefficient (Wildman–Crippen LogP) is 3.90. The van der Waals surface area contributed by atoms with Gasteiger partial charge < -0.3 is 18.9 Å². The first-order chi connectivity index (χ1) is 15.9. The van der Waals surface area contributed by atoms with E-state index in [1.165, 1.54) is 36.4 Å². The third-order valence-electron chi connectivity index (χ3n) is 5.00. The first kappa shape index (κ1) is 27.2. The highest BCUT2D eigenvalue weighted by Crippen LogP contribution is 2.37. The van der Waals surface area contributed by atoms with Gasteiger partial charge in [-0.25, -0.2) is 8.42 Å². The normalized spacial score (nSPS) is 16.1. The second kappa shape index (κ2) is 11.4. The lowest BCUT2D eigenvalue weighted by Crippen LogP contribution is -2.53. The summed E-state index contributed by atoms with van der Waals surface area (Å²) < 4.78 is 47.3. The summed E-state index contributed by atoms with van der Waals surface area (Å²) in [5.74, 6) is 0.0674. The fourth-order valence-corrected chi connectivity index (χ4v) is 5.19. The molecule has 1 fully saturated rings. The summed E-state index contributed by atoms with van der Waals surface area (Å²) in [5.41, 5.74) is -0.582. The van der Waals surface area contributed by atoms with Crippen LogP contribution in [0.15, 0.2) is 65.8 Å². The molecule has 9 heteroatoms. The standard InChI is InChI=1S/C25H31NO7S/c1-6-20(17-19(2)18-26)31-15-16-32-21-7-9-22(10-8-21)34(28,29)25(11-13-30-14-12-25)23(27)33-24(3,4)5/h6-10,17H,1-2,11-16H2,3-5H3/b20-17+. The minimum Gasteiger partial charge on any atom is -0.490 e. The van der Waals surface area contributed by atoms with Crippen molar-refractivity contribution in [2.75, 3.05) is 26.4 Å². The molecular formula is C25H31NO7S. The summed E-state index contributed by atoms with van der Waals surface area (Å²) in [6.45, 7) is 12.9. The van der Waals surface area contributed by atoms with Crippen LogP contribution < -0.4 is 4.74 Å². The van der Waals surface area contributed by atoms with Crippen LogP contribution in [0.4, 0.5) is 0 Å². The van der Waals surface area contributed by atoms with Crippen molar-refractivity contribution in [2.24, 2.45) is 0 Å². The molecule has 1 aromatic rings. The molecule has 1 aliphatic rings. The minimum absolute atomic E-state index is 0.00996. The molecule has 8 nitrogen and oxygen atoms in total. The number of nitrogens with zero attached hydrogens (tertiary/aromatic N) is 1. The summed E-state index contributed by atoms with van der Waals surface area (Å²) in [6.07, 6.45) is 2.97. The Labute approximate surface area is 201 Å². The van der Waals surface area contributed by atoms with Crippen LogP contribution in [0.3, 0.4) is 0 Å². The van der Waals surface area contributed by atoms with Crippen LogP contribution in [0, 0.1) is 11.3 Å². The molecule has 0 N–H and O–H groups in total. The van der Waals surface area contributed by atoms with Crippen LogP contribution in [0.2, 0.25) is 0 Å². The van der Waals surface area contributed by atoms with Gasteiger partial charge in [-0.2, -0.15) is 5.26 Å². The Morgan fingerprint density at radius 1 is 1.21 bits per heavy atom. The molecule has 0 unspecified atom stereocenters. The maximum atomic E-state index is 13.6. The van der Waals surface area contributed by atoms with Crippen molar-refractivity contribution >= 4 is 15.8 Å². The van der Waals surface area contributed by atoms with Crippen molar-refractivity contribution in [2.45, 2.75) is 48.9 Å². The van der Waals surface area contributed by atoms with Crippen molar-refractivity contribution < 1.29 is 32.2 Å². The third-order valence-corrected chi connectivity index (χ3v) is 7.50. The van der Waals surface area contributed by atoms with Crippen LogP contribution in [0.25, 0.3) is 0 Å². The summed E-state index contributed by atoms with van der Waals surface area (Å²) in [6, 6.07) is 7.77. The molecule has 1 heterocycles. The van der Waals surface area contributed by atoms with Gasteiger partial charge in [-0.1, -0.05) is 13.2 Å². The Balaban J connectivity index is 2.11. The quantitative estimate of drug-likeness (QED) is 0.160. The van der Waals surface area contributed by atoms with Crippen molar-refractivity contribution in [1.29, 1.82) is 5.26 Å². The van der Waals surface area contributed by atoms with Crippen molar-refractivity contribution in [3.63, 3.8) is 0 Å². The molecule has 0 bridgehead atoms. The van der Waals surface area contributed by atoms with E-state index in [9.17, 15) is 13.2 Å². The molecule has 0 aliphatic carbocycles. The molecule has 1 saturated heterocycles. The average molecular weight is 490 g/mol. The molecule has 0 atom stereocenters. The maximum Gasteiger partial charge on any atom is 0.328 e. The highest BCUT2D eigenvalue weighted by Gasteiger charge is 2.54. The summed E-state index contributed by atoms with van der Waals surface area (Å²) in [4.78, 5) is 13.0. The Kier molecular flexibility index (Phi) is 9.07. The third kappa shape index (κ3) is 6.72. The molecular weight excluding hydrogens is 458 g/mol. The molecule has 0 saturated carbocycles. The van der Waals surface area contributed by atoms with Gasteiger partial charge in [-0.15, -0.1) is 0 Å². The Bertz CT molecular complexity index is 1070. The smallest absolute Gasteiger partial charge is 0.328 e. The van der Waals surface area contributed by atoms with Gasteiger partial charge in [-0.3, -0.25) is 4.79 Å². The number of hydrogen-bond donors (Lipinski definition) is 0. The minimum atomic E-state index is -4.05. The van der Waals surface area contributed by atoms with Gasteiger partial charge >= 0.3 is 5.97 Å². The Morgan fingerprint density at radius 2 is 1.82 bits per heavy atom. The average Bonchev–Trinajstić information content (AvgIpc) is 2.80. The van der Waals surface area contributed by atoms with E-state index in [-0.39, 0.29) is 49.7 Å². The Hall–Kier alpha value is -3.09. The van der Waals surface area contributed by atoms with E-state index < -0.39 is 26.2 Å². The van der Waals surface area contributed by atoms with Crippen molar-refractivity contribution in [3.05, 3.63) is 60.9 Å². The zero-order chi connectivity index (χ0) is 25.4. The lowest BCUT2D eigenvalue weighted by Gasteiger charge is -2.36. The monoisotopic (exact) mass is 489 g/mol. The number of sulfone groups is 1. The van der Waals surface area contributed by atoms with E-state index in [0.29, 0.717) is 11.5 Å². The molecule has 1 aliphatic heterocycles. The summed E-state index contributed by atoms with van der Waals surface area (Å²) in [5, 5.41) is 8.77. The number of nitriles is 1. The first-order valence-electron chi connectivity index (χ1n) is 10.8. The molecule has 0 amide bonds. The topological polar surface area (TPSA) is 112 Å². The fourth-order valence-electron chi connectivity index (χ4n) is 3.28. The maximum absolute atomic E-state index is 13.6. The molecule has 34 heavy (non-hydrogen) atoms. The van der Waals surface area contributed by atoms with Gasteiger partial charge in [0.25, 0.3) is 0 Å². The van der Waals surface area contributed by atoms with Crippen LogP contribution in [-0.4, -0.2) is 51.2 Å². The van der Waals surface area contributed by atoms with E-state index in [0.717, 1.165) is 0 Å². The number of esters is 1. The molecule has 0 spiro atoms. The van der Waals surface area contributed by atoms with Crippen molar-refractivity contribution in [3.8, 4) is 11.8 Å². The van der Waals surface area contributed by atoms with E-state index in [4.69, 9.17) is 24.2 Å². The first-order valence-corrected chi connectivity index (χ1v) is 12.3. The highest BCUT2D eigenvalue weighted by atomic mass is 32.2. The van der Waals surface area contributed by atoms with Gasteiger partial charge in [0.15, 0.2) is 14.6 Å². The number of carbonyl (C=O) groups excluding carboxylic acids is 1. The molecule has 184 valence electrons. The van der Waals surface area contributed by atoms with E-state index >= 15 is 0 Å². The van der Waals surface area contributed by atoms with Crippen LogP contribution in [0.5, 0.6) is 5.75 Å². The summed E-state index contributed by atoms with van der Waals surface area (Å²) in [7, 11) is -4.05. The van der Waals surface area contributed by atoms with Crippen LogP contribution in [0.1, 0.15) is 33.6 Å². The number of benzene rings is 1. The lowest BCUT2D eigenvalue weighted by atomic mass is 9.99. The van der Waals surface area contributed by atoms with E-state index in [1.807, 2.05) is 6.07 Å².